The fourth-order valence-corrected chi connectivity index (χ4v) is 1.40. The van der Waals surface area contributed by atoms with Crippen LogP contribution in [-0.2, 0) is 0 Å². The molecule has 1 atom stereocenters. The van der Waals surface area contributed by atoms with Gasteiger partial charge in [-0.2, -0.15) is 0 Å². The van der Waals surface area contributed by atoms with E-state index in [0.717, 1.165) is 6.07 Å². The lowest BCUT2D eigenvalue weighted by Gasteiger charge is -2.25. The predicted molar refractivity (Wildman–Crippen MR) is 50.4 cm³/mol. The summed E-state index contributed by atoms with van der Waals surface area (Å²) in [6.45, 7) is 2.36. The van der Waals surface area contributed by atoms with Crippen LogP contribution in [0.25, 0.3) is 0 Å². The molecule has 0 unspecified atom stereocenters. The molecular weight excluding hydrogens is 187 g/mol. The third kappa shape index (κ3) is 1.41. The number of nitroso groups, excluding NO2 is 1. The highest BCUT2D eigenvalue weighted by Crippen LogP contribution is 2.38. The molecule has 0 radical (unpaired) electrons. The quantitative estimate of drug-likeness (QED) is 0.701. The first kappa shape index (κ1) is 8.93. The molecule has 1 aliphatic rings. The molecule has 2 rings (SSSR count). The number of nitrogens with one attached hydrogen (secondary N) is 1. The molecule has 0 bridgehead atoms. The minimum Gasteiger partial charge on any atom is -0.489 e. The van der Waals surface area contributed by atoms with E-state index in [0.29, 0.717) is 18.0 Å². The maximum atomic E-state index is 12.9. The molecular formula is C9H9FN2O2. The van der Waals surface area contributed by atoms with Gasteiger partial charge in [-0.05, 0) is 12.1 Å². The van der Waals surface area contributed by atoms with E-state index >= 15 is 0 Å². The lowest BCUT2D eigenvalue weighted by Crippen LogP contribution is -2.28. The molecule has 0 spiro atoms. The Balaban J connectivity index is 2.52. The van der Waals surface area contributed by atoms with Gasteiger partial charge >= 0.3 is 0 Å². The van der Waals surface area contributed by atoms with Crippen molar-refractivity contribution < 1.29 is 9.13 Å². The molecule has 0 aromatic heterocycles. The molecule has 5 heteroatoms. The fraction of sp³-hybridized carbons (Fsp3) is 0.333. The molecule has 74 valence electrons. The number of rotatable bonds is 1. The number of halogens is 1. The van der Waals surface area contributed by atoms with Crippen LogP contribution in [0.3, 0.4) is 0 Å². The van der Waals surface area contributed by atoms with Crippen LogP contribution in [0, 0.1) is 10.7 Å². The summed E-state index contributed by atoms with van der Waals surface area (Å²) >= 11 is 0. The number of anilines is 1. The van der Waals surface area contributed by atoms with E-state index < -0.39 is 5.82 Å². The number of nitrogens with zero attached hydrogens (tertiary/aromatic N) is 1. The summed E-state index contributed by atoms with van der Waals surface area (Å²) in [4.78, 5) is 10.4. The summed E-state index contributed by atoms with van der Waals surface area (Å²) < 4.78 is 18.2. The van der Waals surface area contributed by atoms with Crippen LogP contribution >= 0.6 is 0 Å². The van der Waals surface area contributed by atoms with Gasteiger partial charge in [-0.15, -0.1) is 4.91 Å². The summed E-state index contributed by atoms with van der Waals surface area (Å²) in [5.74, 6) is -0.174. The Hall–Kier alpha value is -1.65. The molecule has 1 N–H and O–H groups in total. The van der Waals surface area contributed by atoms with Gasteiger partial charge in [0.15, 0.2) is 0 Å². The van der Waals surface area contributed by atoms with Gasteiger partial charge in [-0.3, -0.25) is 0 Å². The second kappa shape index (κ2) is 3.25. The Morgan fingerprint density at radius 3 is 3.14 bits per heavy atom. The van der Waals surface area contributed by atoms with E-state index in [4.69, 9.17) is 4.74 Å². The van der Waals surface area contributed by atoms with E-state index in [2.05, 4.69) is 10.5 Å². The van der Waals surface area contributed by atoms with Gasteiger partial charge in [-0.1, -0.05) is 0 Å². The number of hydrogen-bond donors (Lipinski definition) is 1. The topological polar surface area (TPSA) is 50.7 Å². The number of ether oxygens (including phenoxy) is 1. The van der Waals surface area contributed by atoms with Crippen molar-refractivity contribution in [2.45, 2.75) is 13.0 Å². The molecule has 0 fully saturated rings. The maximum Gasteiger partial charge on any atom is 0.147 e. The van der Waals surface area contributed by atoms with Gasteiger partial charge < -0.3 is 10.1 Å². The predicted octanol–water partition coefficient (Wildman–Crippen LogP) is 2.42. The normalized spacial score (nSPS) is 19.1. The van der Waals surface area contributed by atoms with Crippen molar-refractivity contribution >= 4 is 11.4 Å². The van der Waals surface area contributed by atoms with Crippen LogP contribution in [0.4, 0.5) is 15.8 Å². The van der Waals surface area contributed by atoms with Crippen molar-refractivity contribution in [1.82, 2.24) is 0 Å². The first-order chi connectivity index (χ1) is 6.70. The molecule has 0 aliphatic carbocycles. The lowest BCUT2D eigenvalue weighted by molar-refractivity contribution is 0.290. The van der Waals surface area contributed by atoms with E-state index in [-0.39, 0.29) is 11.7 Å². The van der Waals surface area contributed by atoms with E-state index in [9.17, 15) is 9.30 Å². The standard InChI is InChI=1S/C9H9FN2O2/c1-5-4-14-8-3-6(10)2-7(12-13)9(8)11-5/h2-3,5,11H,4H2,1H3/t5-/m0/s1. The van der Waals surface area contributed by atoms with Gasteiger partial charge in [0.05, 0.1) is 6.04 Å². The van der Waals surface area contributed by atoms with Gasteiger partial charge in [-0.25, -0.2) is 4.39 Å². The smallest absolute Gasteiger partial charge is 0.147 e. The highest BCUT2D eigenvalue weighted by molar-refractivity contribution is 5.74. The number of hydrogen-bond acceptors (Lipinski definition) is 4. The van der Waals surface area contributed by atoms with Crippen LogP contribution in [0.5, 0.6) is 5.75 Å². The lowest BCUT2D eigenvalue weighted by atomic mass is 10.2. The van der Waals surface area contributed by atoms with Crippen molar-refractivity contribution in [3.05, 3.63) is 22.9 Å². The minimum absolute atomic E-state index is 0.0477. The number of fused-ring (bicyclic) bond motifs is 1. The molecule has 1 heterocycles. The van der Waals surface area contributed by atoms with Gasteiger partial charge in [0.1, 0.15) is 29.5 Å². The van der Waals surface area contributed by atoms with Crippen molar-refractivity contribution in [1.29, 1.82) is 0 Å². The van der Waals surface area contributed by atoms with E-state index in [1.165, 1.54) is 6.07 Å². The Morgan fingerprint density at radius 1 is 1.64 bits per heavy atom. The van der Waals surface area contributed by atoms with E-state index in [1.54, 1.807) is 0 Å². The van der Waals surface area contributed by atoms with Crippen LogP contribution in [0.1, 0.15) is 6.92 Å². The molecule has 1 aromatic carbocycles. The van der Waals surface area contributed by atoms with Crippen molar-refractivity contribution in [2.75, 3.05) is 11.9 Å². The zero-order chi connectivity index (χ0) is 10.1. The first-order valence-corrected chi connectivity index (χ1v) is 4.27. The van der Waals surface area contributed by atoms with Gasteiger partial charge in [0.25, 0.3) is 0 Å². The average Bonchev–Trinajstić information content (AvgIpc) is 2.17. The van der Waals surface area contributed by atoms with Crippen molar-refractivity contribution in [3.8, 4) is 5.75 Å². The Kier molecular flexibility index (Phi) is 2.07. The minimum atomic E-state index is -0.519. The molecule has 0 saturated carbocycles. The highest BCUT2D eigenvalue weighted by Gasteiger charge is 2.20. The second-order valence-electron chi connectivity index (χ2n) is 3.25. The maximum absolute atomic E-state index is 12.9. The van der Waals surface area contributed by atoms with Crippen LogP contribution in [0.15, 0.2) is 17.3 Å². The summed E-state index contributed by atoms with van der Waals surface area (Å²) in [7, 11) is 0. The van der Waals surface area contributed by atoms with Gasteiger partial charge in [0, 0.05) is 12.1 Å². The zero-order valence-electron chi connectivity index (χ0n) is 7.58. The molecule has 0 amide bonds. The van der Waals surface area contributed by atoms with Crippen LogP contribution in [0.2, 0.25) is 0 Å². The molecule has 0 saturated heterocycles. The summed E-state index contributed by atoms with van der Waals surface area (Å²) in [6, 6.07) is 2.41. The Labute approximate surface area is 80.0 Å². The third-order valence-corrected chi connectivity index (χ3v) is 2.02. The van der Waals surface area contributed by atoms with Crippen LogP contribution in [-0.4, -0.2) is 12.6 Å². The van der Waals surface area contributed by atoms with Gasteiger partial charge in [0.2, 0.25) is 0 Å². The fourth-order valence-electron chi connectivity index (χ4n) is 1.40. The molecule has 1 aliphatic heterocycles. The summed E-state index contributed by atoms with van der Waals surface area (Å²) in [5, 5.41) is 5.77. The summed E-state index contributed by atoms with van der Waals surface area (Å²) in [5.41, 5.74) is 0.520. The zero-order valence-corrected chi connectivity index (χ0v) is 7.58. The SMILES string of the molecule is C[C@H]1COc2cc(F)cc(N=O)c2N1. The highest BCUT2D eigenvalue weighted by atomic mass is 19.1. The van der Waals surface area contributed by atoms with E-state index in [1.807, 2.05) is 6.92 Å². The average molecular weight is 196 g/mol. The Morgan fingerprint density at radius 2 is 2.43 bits per heavy atom. The molecule has 1 aromatic rings. The first-order valence-electron chi connectivity index (χ1n) is 4.27. The third-order valence-electron chi connectivity index (χ3n) is 2.02. The van der Waals surface area contributed by atoms with Crippen LogP contribution < -0.4 is 10.1 Å². The molecule has 4 nitrogen and oxygen atoms in total. The largest absolute Gasteiger partial charge is 0.489 e. The second-order valence-corrected chi connectivity index (χ2v) is 3.25. The summed E-state index contributed by atoms with van der Waals surface area (Å²) in [6.07, 6.45) is 0. The van der Waals surface area contributed by atoms with Crippen molar-refractivity contribution in [3.63, 3.8) is 0 Å². The molecule has 14 heavy (non-hydrogen) atoms. The monoisotopic (exact) mass is 196 g/mol. The Bertz CT molecular complexity index is 381. The number of benzene rings is 1. The van der Waals surface area contributed by atoms with Crippen molar-refractivity contribution in [2.24, 2.45) is 5.18 Å².